The van der Waals surface area contributed by atoms with Gasteiger partial charge >= 0.3 is 12.0 Å². The van der Waals surface area contributed by atoms with Crippen LogP contribution in [0, 0.1) is 0 Å². The second-order valence-corrected chi connectivity index (χ2v) is 4.45. The van der Waals surface area contributed by atoms with Crippen molar-refractivity contribution in [2.75, 3.05) is 26.2 Å². The Hall–Kier alpha value is -2.34. The second-order valence-electron chi connectivity index (χ2n) is 4.45. The first kappa shape index (κ1) is 16.7. The lowest BCUT2D eigenvalue weighted by molar-refractivity contribution is 0.0696. The van der Waals surface area contributed by atoms with Crippen molar-refractivity contribution in [3.8, 4) is 0 Å². The molecule has 0 aromatic heterocycles. The normalized spacial score (nSPS) is 9.95. The van der Waals surface area contributed by atoms with Gasteiger partial charge in [-0.1, -0.05) is 18.2 Å². The van der Waals surface area contributed by atoms with E-state index in [0.29, 0.717) is 19.5 Å². The number of urea groups is 1. The maximum Gasteiger partial charge on any atom is 0.335 e. The first-order valence-electron chi connectivity index (χ1n) is 6.65. The average Bonchev–Trinajstić information content (AvgIpc) is 2.47. The molecule has 1 rings (SSSR count). The van der Waals surface area contributed by atoms with Gasteiger partial charge in [0.25, 0.3) is 0 Å². The molecule has 0 fully saturated rings. The number of carboxylic acids is 1. The lowest BCUT2D eigenvalue weighted by Gasteiger charge is -2.20. The smallest absolute Gasteiger partial charge is 0.335 e. The molecule has 6 nitrogen and oxygen atoms in total. The Balaban J connectivity index is 2.48. The fraction of sp³-hybridized carbons (Fsp3) is 0.333. The topological polar surface area (TPSA) is 89.9 Å². The van der Waals surface area contributed by atoms with Gasteiger partial charge in [0.1, 0.15) is 0 Å². The van der Waals surface area contributed by atoms with E-state index in [-0.39, 0.29) is 24.7 Å². The lowest BCUT2D eigenvalue weighted by atomic mass is 10.1. The number of carbonyl (C=O) groups is 2. The van der Waals surface area contributed by atoms with E-state index in [0.717, 1.165) is 5.56 Å². The van der Waals surface area contributed by atoms with Crippen LogP contribution in [0.15, 0.2) is 36.9 Å². The predicted molar refractivity (Wildman–Crippen MR) is 79.4 cm³/mol. The molecule has 3 N–H and O–H groups in total. The van der Waals surface area contributed by atoms with Gasteiger partial charge in [-0.3, -0.25) is 0 Å². The number of amides is 2. The number of hydrogen-bond donors (Lipinski definition) is 3. The van der Waals surface area contributed by atoms with Crippen molar-refractivity contribution in [3.63, 3.8) is 0 Å². The van der Waals surface area contributed by atoms with Crippen LogP contribution in [-0.2, 0) is 6.42 Å². The van der Waals surface area contributed by atoms with Crippen molar-refractivity contribution >= 4 is 12.0 Å². The molecule has 0 unspecified atom stereocenters. The highest BCUT2D eigenvalue weighted by Crippen LogP contribution is 2.05. The molecule has 1 aromatic carbocycles. The van der Waals surface area contributed by atoms with Crippen molar-refractivity contribution in [1.82, 2.24) is 10.2 Å². The summed E-state index contributed by atoms with van der Waals surface area (Å²) in [6.07, 6.45) is 2.12. The number of nitrogens with zero attached hydrogens (tertiary/aromatic N) is 1. The third kappa shape index (κ3) is 5.66. The molecular weight excluding hydrogens is 272 g/mol. The summed E-state index contributed by atoms with van der Waals surface area (Å²) in [5, 5.41) is 20.5. The third-order valence-corrected chi connectivity index (χ3v) is 2.87. The highest BCUT2D eigenvalue weighted by molar-refractivity contribution is 5.87. The SMILES string of the molecule is C=CCN(CCO)C(=O)NCCc1cccc(C(=O)O)c1. The Kier molecular flexibility index (Phi) is 6.97. The Bertz CT molecular complexity index is 502. The maximum atomic E-state index is 11.9. The van der Waals surface area contributed by atoms with E-state index in [2.05, 4.69) is 11.9 Å². The molecule has 1 aromatic rings. The quantitative estimate of drug-likeness (QED) is 0.626. The highest BCUT2D eigenvalue weighted by atomic mass is 16.4. The number of carboxylic acid groups (broad SMARTS) is 1. The minimum atomic E-state index is -0.971. The van der Waals surface area contributed by atoms with E-state index in [1.807, 2.05) is 6.07 Å². The van der Waals surface area contributed by atoms with E-state index in [1.54, 1.807) is 18.2 Å². The predicted octanol–water partition coefficient (Wildman–Crippen LogP) is 1.12. The van der Waals surface area contributed by atoms with Gasteiger partial charge in [0, 0.05) is 19.6 Å². The first-order valence-corrected chi connectivity index (χ1v) is 6.65. The lowest BCUT2D eigenvalue weighted by Crippen LogP contribution is -2.42. The van der Waals surface area contributed by atoms with Crippen molar-refractivity contribution < 1.29 is 19.8 Å². The molecule has 0 radical (unpaired) electrons. The van der Waals surface area contributed by atoms with Gasteiger partial charge in [0.15, 0.2) is 0 Å². The monoisotopic (exact) mass is 292 g/mol. The number of hydrogen-bond acceptors (Lipinski definition) is 3. The number of benzene rings is 1. The molecule has 0 aliphatic rings. The fourth-order valence-electron chi connectivity index (χ4n) is 1.84. The molecule has 0 spiro atoms. The number of nitrogens with one attached hydrogen (secondary N) is 1. The molecule has 0 heterocycles. The zero-order chi connectivity index (χ0) is 15.7. The molecule has 0 aliphatic carbocycles. The summed E-state index contributed by atoms with van der Waals surface area (Å²) in [6.45, 7) is 4.45. The van der Waals surface area contributed by atoms with Crippen molar-refractivity contribution in [2.24, 2.45) is 0 Å². The average molecular weight is 292 g/mol. The zero-order valence-corrected chi connectivity index (χ0v) is 11.8. The van der Waals surface area contributed by atoms with E-state index in [4.69, 9.17) is 10.2 Å². The summed E-state index contributed by atoms with van der Waals surface area (Å²) < 4.78 is 0. The molecule has 0 saturated heterocycles. The van der Waals surface area contributed by atoms with Crippen LogP contribution in [0.5, 0.6) is 0 Å². The van der Waals surface area contributed by atoms with Crippen molar-refractivity contribution in [3.05, 3.63) is 48.0 Å². The first-order chi connectivity index (χ1) is 10.1. The van der Waals surface area contributed by atoms with Gasteiger partial charge in [0.2, 0.25) is 0 Å². The maximum absolute atomic E-state index is 11.9. The van der Waals surface area contributed by atoms with Gasteiger partial charge < -0.3 is 20.4 Å². The van der Waals surface area contributed by atoms with Gasteiger partial charge in [-0.2, -0.15) is 0 Å². The molecule has 0 aliphatic heterocycles. The summed E-state index contributed by atoms with van der Waals surface area (Å²) in [6, 6.07) is 6.32. The highest BCUT2D eigenvalue weighted by Gasteiger charge is 2.10. The molecule has 0 atom stereocenters. The van der Waals surface area contributed by atoms with E-state index < -0.39 is 5.97 Å². The van der Waals surface area contributed by atoms with E-state index >= 15 is 0 Å². The van der Waals surface area contributed by atoms with E-state index in [9.17, 15) is 9.59 Å². The van der Waals surface area contributed by atoms with Crippen LogP contribution in [0.1, 0.15) is 15.9 Å². The summed E-state index contributed by atoms with van der Waals surface area (Å²) in [5.74, 6) is -0.971. The third-order valence-electron chi connectivity index (χ3n) is 2.87. The van der Waals surface area contributed by atoms with E-state index in [1.165, 1.54) is 11.0 Å². The van der Waals surface area contributed by atoms with Crippen molar-refractivity contribution in [2.45, 2.75) is 6.42 Å². The summed E-state index contributed by atoms with van der Waals surface area (Å²) in [5.41, 5.74) is 1.07. The number of carbonyl (C=O) groups excluding carboxylic acids is 1. The number of aliphatic hydroxyl groups is 1. The van der Waals surface area contributed by atoms with Gasteiger partial charge in [0.05, 0.1) is 12.2 Å². The fourth-order valence-corrected chi connectivity index (χ4v) is 1.84. The van der Waals surface area contributed by atoms with Crippen LogP contribution in [0.25, 0.3) is 0 Å². The summed E-state index contributed by atoms with van der Waals surface area (Å²) in [4.78, 5) is 24.2. The second kappa shape index (κ2) is 8.76. The molecule has 21 heavy (non-hydrogen) atoms. The Morgan fingerprint density at radius 3 is 2.76 bits per heavy atom. The number of aromatic carboxylic acids is 1. The number of aliphatic hydroxyl groups excluding tert-OH is 1. The molecular formula is C15H20N2O4. The van der Waals surface area contributed by atoms with Crippen LogP contribution in [0.2, 0.25) is 0 Å². The number of rotatable bonds is 8. The van der Waals surface area contributed by atoms with Crippen LogP contribution in [-0.4, -0.2) is 53.4 Å². The largest absolute Gasteiger partial charge is 0.478 e. The van der Waals surface area contributed by atoms with Gasteiger partial charge in [-0.15, -0.1) is 6.58 Å². The Morgan fingerprint density at radius 2 is 2.14 bits per heavy atom. The summed E-state index contributed by atoms with van der Waals surface area (Å²) >= 11 is 0. The molecule has 6 heteroatoms. The molecule has 114 valence electrons. The summed E-state index contributed by atoms with van der Waals surface area (Å²) in [7, 11) is 0. The minimum Gasteiger partial charge on any atom is -0.478 e. The van der Waals surface area contributed by atoms with Gasteiger partial charge in [-0.25, -0.2) is 9.59 Å². The molecule has 0 bridgehead atoms. The minimum absolute atomic E-state index is 0.109. The van der Waals surface area contributed by atoms with Crippen LogP contribution in [0.4, 0.5) is 4.79 Å². The zero-order valence-electron chi connectivity index (χ0n) is 11.8. The van der Waals surface area contributed by atoms with Crippen LogP contribution >= 0.6 is 0 Å². The van der Waals surface area contributed by atoms with Crippen LogP contribution in [0.3, 0.4) is 0 Å². The van der Waals surface area contributed by atoms with Crippen molar-refractivity contribution in [1.29, 1.82) is 0 Å². The molecule has 2 amide bonds. The van der Waals surface area contributed by atoms with Crippen LogP contribution < -0.4 is 5.32 Å². The molecule has 0 saturated carbocycles. The Morgan fingerprint density at radius 1 is 1.38 bits per heavy atom. The van der Waals surface area contributed by atoms with Gasteiger partial charge in [-0.05, 0) is 24.1 Å². The Labute approximate surface area is 123 Å². The standard InChI is InChI=1S/C15H20N2O4/c1-2-8-17(9-10-18)15(21)16-7-6-12-4-3-5-13(11-12)14(19)20/h2-5,11,18H,1,6-10H2,(H,16,21)(H,19,20).